The van der Waals surface area contributed by atoms with Gasteiger partial charge in [-0.05, 0) is 24.5 Å². The van der Waals surface area contributed by atoms with Crippen LogP contribution in [-0.4, -0.2) is 33.5 Å². The largest absolute Gasteiger partial charge is 0.355 e. The summed E-state index contributed by atoms with van der Waals surface area (Å²) in [4.78, 5) is 31.5. The minimum absolute atomic E-state index is 0.0363. The first-order valence-electron chi connectivity index (χ1n) is 7.91. The lowest BCUT2D eigenvalue weighted by Gasteiger charge is -2.04. The second-order valence-electron chi connectivity index (χ2n) is 5.88. The van der Waals surface area contributed by atoms with Crippen LogP contribution in [-0.2, 0) is 16.1 Å². The van der Waals surface area contributed by atoms with Crippen molar-refractivity contribution in [3.63, 3.8) is 0 Å². The zero-order valence-electron chi connectivity index (χ0n) is 13.4. The van der Waals surface area contributed by atoms with Crippen LogP contribution in [0, 0.1) is 11.8 Å². The molecule has 1 fully saturated rings. The number of pyridine rings is 1. The Bertz CT molecular complexity index is 716. The number of hydrogen-bond acceptors (Lipinski definition) is 6. The second kappa shape index (κ2) is 7.20. The van der Waals surface area contributed by atoms with Gasteiger partial charge < -0.3 is 15.2 Å². The van der Waals surface area contributed by atoms with E-state index in [4.69, 9.17) is 4.52 Å². The Morgan fingerprint density at radius 2 is 2.04 bits per heavy atom. The first-order valence-corrected chi connectivity index (χ1v) is 7.91. The SMILES string of the molecule is C[C@@H]1C[C@H]1C(=O)NCCC(=O)NCc1nc(-c2ccncc2)no1. The van der Waals surface area contributed by atoms with Crippen molar-refractivity contribution in [3.05, 3.63) is 30.4 Å². The molecule has 0 saturated heterocycles. The number of carbonyl (C=O) groups excluding carboxylic acids is 2. The van der Waals surface area contributed by atoms with Gasteiger partial charge in [-0.1, -0.05) is 12.1 Å². The fourth-order valence-electron chi connectivity index (χ4n) is 2.33. The average Bonchev–Trinajstić information content (AvgIpc) is 3.14. The number of nitrogens with one attached hydrogen (secondary N) is 2. The van der Waals surface area contributed by atoms with Gasteiger partial charge in [0.1, 0.15) is 0 Å². The van der Waals surface area contributed by atoms with Crippen LogP contribution in [0.1, 0.15) is 25.7 Å². The van der Waals surface area contributed by atoms with Gasteiger partial charge in [0.15, 0.2) is 0 Å². The molecule has 1 aliphatic carbocycles. The molecule has 1 saturated carbocycles. The topological polar surface area (TPSA) is 110 Å². The van der Waals surface area contributed by atoms with Crippen molar-refractivity contribution in [1.82, 2.24) is 25.8 Å². The zero-order chi connectivity index (χ0) is 16.9. The molecule has 2 heterocycles. The molecule has 2 N–H and O–H groups in total. The monoisotopic (exact) mass is 329 g/mol. The minimum atomic E-state index is -0.178. The number of nitrogens with zero attached hydrogens (tertiary/aromatic N) is 3. The van der Waals surface area contributed by atoms with Gasteiger partial charge in [0, 0.05) is 36.8 Å². The van der Waals surface area contributed by atoms with Crippen LogP contribution in [0.3, 0.4) is 0 Å². The summed E-state index contributed by atoms with van der Waals surface area (Å²) in [5.74, 6) is 1.22. The fourth-order valence-corrected chi connectivity index (χ4v) is 2.33. The highest BCUT2D eigenvalue weighted by Crippen LogP contribution is 2.37. The maximum Gasteiger partial charge on any atom is 0.246 e. The van der Waals surface area contributed by atoms with E-state index in [1.807, 2.05) is 6.92 Å². The van der Waals surface area contributed by atoms with Gasteiger partial charge in [0.2, 0.25) is 23.5 Å². The number of hydrogen-bond donors (Lipinski definition) is 2. The van der Waals surface area contributed by atoms with E-state index < -0.39 is 0 Å². The van der Waals surface area contributed by atoms with Crippen LogP contribution in [0.25, 0.3) is 11.4 Å². The molecular formula is C16H19N5O3. The third kappa shape index (κ3) is 4.15. The van der Waals surface area contributed by atoms with Crippen molar-refractivity contribution < 1.29 is 14.1 Å². The Balaban J connectivity index is 1.38. The molecule has 8 nitrogen and oxygen atoms in total. The fraction of sp³-hybridized carbons (Fsp3) is 0.438. The molecule has 0 aromatic carbocycles. The number of carbonyl (C=O) groups is 2. The number of amides is 2. The van der Waals surface area contributed by atoms with E-state index in [9.17, 15) is 9.59 Å². The Hall–Kier alpha value is -2.77. The standard InChI is InChI=1S/C16H19N5O3/c1-10-8-12(10)16(23)18-7-4-13(22)19-9-14-20-15(21-24-14)11-2-5-17-6-3-11/h2-3,5-6,10,12H,4,7-9H2,1H3,(H,18,23)(H,19,22)/t10-,12-/m1/s1. The summed E-state index contributed by atoms with van der Waals surface area (Å²) >= 11 is 0. The van der Waals surface area contributed by atoms with Crippen LogP contribution in [0.2, 0.25) is 0 Å². The van der Waals surface area contributed by atoms with Crippen molar-refractivity contribution in [2.45, 2.75) is 26.3 Å². The van der Waals surface area contributed by atoms with Crippen molar-refractivity contribution >= 4 is 11.8 Å². The summed E-state index contributed by atoms with van der Waals surface area (Å²) in [6.45, 7) is 2.53. The first kappa shape index (κ1) is 16.1. The highest BCUT2D eigenvalue weighted by atomic mass is 16.5. The molecule has 2 aromatic rings. The van der Waals surface area contributed by atoms with Crippen LogP contribution in [0.15, 0.2) is 29.0 Å². The zero-order valence-corrected chi connectivity index (χ0v) is 13.4. The second-order valence-corrected chi connectivity index (χ2v) is 5.88. The van der Waals surface area contributed by atoms with Gasteiger partial charge in [-0.3, -0.25) is 14.6 Å². The summed E-state index contributed by atoms with van der Waals surface area (Å²) in [6, 6.07) is 3.55. The normalized spacial score (nSPS) is 18.9. The lowest BCUT2D eigenvalue weighted by atomic mass is 10.2. The maximum absolute atomic E-state index is 11.8. The van der Waals surface area contributed by atoms with Crippen molar-refractivity contribution in [3.8, 4) is 11.4 Å². The molecule has 3 rings (SSSR count). The molecule has 0 spiro atoms. The molecule has 126 valence electrons. The Kier molecular flexibility index (Phi) is 4.83. The van der Waals surface area contributed by atoms with Gasteiger partial charge in [-0.25, -0.2) is 0 Å². The average molecular weight is 329 g/mol. The molecule has 1 aliphatic rings. The summed E-state index contributed by atoms with van der Waals surface area (Å²) in [7, 11) is 0. The maximum atomic E-state index is 11.8. The van der Waals surface area contributed by atoms with E-state index in [2.05, 4.69) is 25.8 Å². The van der Waals surface area contributed by atoms with E-state index in [-0.39, 0.29) is 30.7 Å². The molecule has 24 heavy (non-hydrogen) atoms. The van der Waals surface area contributed by atoms with E-state index in [0.29, 0.717) is 24.2 Å². The molecular weight excluding hydrogens is 310 g/mol. The first-order chi connectivity index (χ1) is 11.6. The minimum Gasteiger partial charge on any atom is -0.355 e. The molecule has 0 radical (unpaired) electrons. The van der Waals surface area contributed by atoms with Gasteiger partial charge in [-0.15, -0.1) is 0 Å². The van der Waals surface area contributed by atoms with Crippen LogP contribution < -0.4 is 10.6 Å². The Morgan fingerprint density at radius 1 is 1.29 bits per heavy atom. The lowest BCUT2D eigenvalue weighted by molar-refractivity contribution is -0.123. The molecule has 0 aliphatic heterocycles. The molecule has 0 unspecified atom stereocenters. The van der Waals surface area contributed by atoms with Crippen LogP contribution in [0.5, 0.6) is 0 Å². The van der Waals surface area contributed by atoms with E-state index >= 15 is 0 Å². The van der Waals surface area contributed by atoms with Gasteiger partial charge in [0.05, 0.1) is 6.54 Å². The van der Waals surface area contributed by atoms with Crippen LogP contribution >= 0.6 is 0 Å². The quantitative estimate of drug-likeness (QED) is 0.781. The predicted octanol–water partition coefficient (Wildman–Crippen LogP) is 0.910. The predicted molar refractivity (Wildman–Crippen MR) is 84.3 cm³/mol. The van der Waals surface area contributed by atoms with Gasteiger partial charge in [-0.2, -0.15) is 4.98 Å². The summed E-state index contributed by atoms with van der Waals surface area (Å²) in [6.07, 6.45) is 4.45. The molecule has 2 atom stereocenters. The Labute approximate surface area is 139 Å². The Morgan fingerprint density at radius 3 is 2.75 bits per heavy atom. The number of rotatable bonds is 7. The summed E-state index contributed by atoms with van der Waals surface area (Å²) < 4.78 is 5.10. The van der Waals surface area contributed by atoms with Gasteiger partial charge >= 0.3 is 0 Å². The lowest BCUT2D eigenvalue weighted by Crippen LogP contribution is -2.31. The van der Waals surface area contributed by atoms with Gasteiger partial charge in [0.25, 0.3) is 0 Å². The molecule has 2 amide bonds. The summed E-state index contributed by atoms with van der Waals surface area (Å²) in [5.41, 5.74) is 0.795. The third-order valence-corrected chi connectivity index (χ3v) is 3.94. The molecule has 2 aromatic heterocycles. The van der Waals surface area contributed by atoms with Crippen molar-refractivity contribution in [1.29, 1.82) is 0 Å². The van der Waals surface area contributed by atoms with Crippen molar-refractivity contribution in [2.75, 3.05) is 6.54 Å². The van der Waals surface area contributed by atoms with Crippen molar-refractivity contribution in [2.24, 2.45) is 11.8 Å². The molecule has 0 bridgehead atoms. The van der Waals surface area contributed by atoms with E-state index in [0.717, 1.165) is 12.0 Å². The molecule has 8 heteroatoms. The smallest absolute Gasteiger partial charge is 0.246 e. The van der Waals surface area contributed by atoms with E-state index in [1.54, 1.807) is 24.5 Å². The highest BCUT2D eigenvalue weighted by molar-refractivity contribution is 5.82. The summed E-state index contributed by atoms with van der Waals surface area (Å²) in [5, 5.41) is 9.33. The third-order valence-electron chi connectivity index (χ3n) is 3.94. The van der Waals surface area contributed by atoms with E-state index in [1.165, 1.54) is 0 Å². The van der Waals surface area contributed by atoms with Crippen LogP contribution in [0.4, 0.5) is 0 Å². The number of aromatic nitrogens is 3. The highest BCUT2D eigenvalue weighted by Gasteiger charge is 2.38.